The molecule has 1 aromatic carbocycles. The van der Waals surface area contributed by atoms with E-state index in [2.05, 4.69) is 11.8 Å². The van der Waals surface area contributed by atoms with Crippen LogP contribution in [0, 0.1) is 29.1 Å². The fourth-order valence-corrected chi connectivity index (χ4v) is 4.30. The number of benzene rings is 1. The van der Waals surface area contributed by atoms with Crippen LogP contribution in [0.25, 0.3) is 0 Å². The van der Waals surface area contributed by atoms with Gasteiger partial charge in [-0.3, -0.25) is 0 Å². The zero-order valence-electron chi connectivity index (χ0n) is 12.8. The molecule has 0 spiro atoms. The Kier molecular flexibility index (Phi) is 4.16. The zero-order valence-corrected chi connectivity index (χ0v) is 13.6. The second-order valence-corrected chi connectivity index (χ2v) is 8.00. The summed E-state index contributed by atoms with van der Waals surface area (Å²) in [6, 6.07) is 8.19. The maximum atomic E-state index is 11.8. The first-order chi connectivity index (χ1) is 11.0. The van der Waals surface area contributed by atoms with Gasteiger partial charge in [-0.1, -0.05) is 24.0 Å². The van der Waals surface area contributed by atoms with Crippen molar-refractivity contribution in [3.8, 4) is 17.9 Å². The van der Waals surface area contributed by atoms with Gasteiger partial charge in [0.1, 0.15) is 6.04 Å². The van der Waals surface area contributed by atoms with Crippen LogP contribution in [0.1, 0.15) is 29.9 Å². The third-order valence-electron chi connectivity index (χ3n) is 4.35. The van der Waals surface area contributed by atoms with Crippen LogP contribution < -0.4 is 0 Å². The summed E-state index contributed by atoms with van der Waals surface area (Å²) in [4.78, 5) is 0. The lowest BCUT2D eigenvalue weighted by Crippen LogP contribution is -2.64. The Labute approximate surface area is 136 Å². The van der Waals surface area contributed by atoms with E-state index in [0.717, 1.165) is 21.7 Å². The fraction of sp³-hybridized carbons (Fsp3) is 0.471. The van der Waals surface area contributed by atoms with Crippen molar-refractivity contribution in [2.45, 2.75) is 30.8 Å². The standard InChI is InChI=1S/C17H18N2O3S/c1-23(21,22)19-15(10-18)17(16(19)11-20)14-8-6-13(7-9-14)5-4-12-2-3-12/h6-9,12,15-17,20H,2-3,11H2,1H3/t15-,16+,17-/m0/s1. The van der Waals surface area contributed by atoms with Crippen LogP contribution in [-0.2, 0) is 10.0 Å². The number of aliphatic hydroxyl groups excluding tert-OH is 1. The molecule has 23 heavy (non-hydrogen) atoms. The molecule has 0 radical (unpaired) electrons. The predicted molar refractivity (Wildman–Crippen MR) is 85.7 cm³/mol. The number of aliphatic hydroxyl groups is 1. The molecular weight excluding hydrogens is 312 g/mol. The topological polar surface area (TPSA) is 81.4 Å². The van der Waals surface area contributed by atoms with E-state index < -0.39 is 22.1 Å². The van der Waals surface area contributed by atoms with Gasteiger partial charge < -0.3 is 5.11 Å². The summed E-state index contributed by atoms with van der Waals surface area (Å²) in [5.41, 5.74) is 1.77. The molecule has 1 saturated carbocycles. The molecule has 1 aliphatic heterocycles. The smallest absolute Gasteiger partial charge is 0.212 e. The lowest BCUT2D eigenvalue weighted by atomic mass is 9.78. The summed E-state index contributed by atoms with van der Waals surface area (Å²) < 4.78 is 24.7. The lowest BCUT2D eigenvalue weighted by Gasteiger charge is -2.49. The van der Waals surface area contributed by atoms with E-state index in [1.54, 1.807) is 0 Å². The summed E-state index contributed by atoms with van der Waals surface area (Å²) in [5, 5.41) is 18.8. The van der Waals surface area contributed by atoms with Crippen molar-refractivity contribution in [3.63, 3.8) is 0 Å². The van der Waals surface area contributed by atoms with E-state index in [0.29, 0.717) is 5.92 Å². The van der Waals surface area contributed by atoms with Crippen molar-refractivity contribution in [2.24, 2.45) is 5.92 Å². The molecule has 1 aromatic rings. The summed E-state index contributed by atoms with van der Waals surface area (Å²) in [6.45, 7) is -0.306. The number of rotatable bonds is 3. The van der Waals surface area contributed by atoms with Crippen LogP contribution >= 0.6 is 0 Å². The second kappa shape index (κ2) is 5.98. The Morgan fingerprint density at radius 2 is 1.96 bits per heavy atom. The van der Waals surface area contributed by atoms with Crippen molar-refractivity contribution in [2.75, 3.05) is 12.9 Å². The van der Waals surface area contributed by atoms with Gasteiger partial charge in [-0.25, -0.2) is 8.42 Å². The quantitative estimate of drug-likeness (QED) is 0.840. The summed E-state index contributed by atoms with van der Waals surface area (Å²) in [7, 11) is -3.52. The Morgan fingerprint density at radius 3 is 2.43 bits per heavy atom. The minimum absolute atomic E-state index is 0.306. The van der Waals surface area contributed by atoms with E-state index >= 15 is 0 Å². The number of hydrogen-bond acceptors (Lipinski definition) is 4. The highest BCUT2D eigenvalue weighted by Crippen LogP contribution is 2.41. The van der Waals surface area contributed by atoms with Gasteiger partial charge in [0.2, 0.25) is 10.0 Å². The maximum absolute atomic E-state index is 11.8. The van der Waals surface area contributed by atoms with Gasteiger partial charge >= 0.3 is 0 Å². The van der Waals surface area contributed by atoms with E-state index in [4.69, 9.17) is 0 Å². The van der Waals surface area contributed by atoms with Gasteiger partial charge in [0.25, 0.3) is 0 Å². The van der Waals surface area contributed by atoms with Crippen LogP contribution in [0.5, 0.6) is 0 Å². The molecule has 1 saturated heterocycles. The fourth-order valence-electron chi connectivity index (χ4n) is 3.02. The van der Waals surface area contributed by atoms with Crippen LogP contribution in [0.2, 0.25) is 0 Å². The van der Waals surface area contributed by atoms with Gasteiger partial charge in [-0.05, 0) is 30.5 Å². The monoisotopic (exact) mass is 330 g/mol. The van der Waals surface area contributed by atoms with Crippen molar-refractivity contribution in [1.82, 2.24) is 4.31 Å². The molecule has 1 heterocycles. The second-order valence-electron chi connectivity index (χ2n) is 6.11. The van der Waals surface area contributed by atoms with Gasteiger partial charge in [-0.15, -0.1) is 0 Å². The molecule has 1 N–H and O–H groups in total. The number of nitriles is 1. The van der Waals surface area contributed by atoms with E-state index in [1.807, 2.05) is 30.3 Å². The molecule has 0 amide bonds. The highest BCUT2D eigenvalue weighted by atomic mass is 32.2. The van der Waals surface area contributed by atoms with Crippen LogP contribution in [0.4, 0.5) is 0 Å². The van der Waals surface area contributed by atoms with Crippen molar-refractivity contribution in [1.29, 1.82) is 5.26 Å². The van der Waals surface area contributed by atoms with E-state index in [1.165, 1.54) is 12.8 Å². The molecule has 2 fully saturated rings. The molecule has 5 nitrogen and oxygen atoms in total. The Hall–Kier alpha value is -1.86. The highest BCUT2D eigenvalue weighted by Gasteiger charge is 2.53. The Morgan fingerprint density at radius 1 is 1.30 bits per heavy atom. The largest absolute Gasteiger partial charge is 0.395 e. The number of sulfonamides is 1. The average molecular weight is 330 g/mol. The predicted octanol–water partition coefficient (Wildman–Crippen LogP) is 1.06. The van der Waals surface area contributed by atoms with Crippen molar-refractivity contribution >= 4 is 10.0 Å². The zero-order chi connectivity index (χ0) is 16.6. The number of hydrogen-bond donors (Lipinski definition) is 1. The van der Waals surface area contributed by atoms with Gasteiger partial charge in [-0.2, -0.15) is 9.57 Å². The van der Waals surface area contributed by atoms with Gasteiger partial charge in [0, 0.05) is 17.4 Å². The molecule has 120 valence electrons. The molecular formula is C17H18N2O3S. The van der Waals surface area contributed by atoms with Gasteiger partial charge in [0.15, 0.2) is 0 Å². The summed E-state index contributed by atoms with van der Waals surface area (Å²) >= 11 is 0. The SMILES string of the molecule is CS(=O)(=O)N1[C@H](CO)[C@@H](c2ccc(C#CC3CC3)cc2)[C@@H]1C#N. The van der Waals surface area contributed by atoms with Crippen LogP contribution in [0.15, 0.2) is 24.3 Å². The Balaban J connectivity index is 1.83. The normalized spacial score (nSPS) is 27.4. The van der Waals surface area contributed by atoms with Crippen LogP contribution in [-0.4, -0.2) is 42.8 Å². The third-order valence-corrected chi connectivity index (χ3v) is 5.62. The Bertz CT molecular complexity index is 795. The first kappa shape index (κ1) is 16.0. The molecule has 2 aliphatic rings. The lowest BCUT2D eigenvalue weighted by molar-refractivity contribution is 0.0564. The first-order valence-corrected chi connectivity index (χ1v) is 9.41. The molecule has 0 unspecified atom stereocenters. The van der Waals surface area contributed by atoms with Gasteiger partial charge in [0.05, 0.1) is 25.0 Å². The summed E-state index contributed by atoms with van der Waals surface area (Å²) in [5.74, 6) is 6.53. The first-order valence-electron chi connectivity index (χ1n) is 7.56. The maximum Gasteiger partial charge on any atom is 0.212 e. The minimum Gasteiger partial charge on any atom is -0.395 e. The van der Waals surface area contributed by atoms with Crippen LogP contribution in [0.3, 0.4) is 0 Å². The highest BCUT2D eigenvalue weighted by molar-refractivity contribution is 7.88. The molecule has 1 aliphatic carbocycles. The molecule has 0 bridgehead atoms. The van der Waals surface area contributed by atoms with E-state index in [9.17, 15) is 18.8 Å². The third kappa shape index (κ3) is 3.11. The van der Waals surface area contributed by atoms with Crippen molar-refractivity contribution in [3.05, 3.63) is 35.4 Å². The van der Waals surface area contributed by atoms with E-state index in [-0.39, 0.29) is 12.5 Å². The summed E-state index contributed by atoms with van der Waals surface area (Å²) in [6.07, 6.45) is 3.42. The minimum atomic E-state index is -3.52. The number of nitrogens with zero attached hydrogens (tertiary/aromatic N) is 2. The molecule has 6 heteroatoms. The molecule has 3 rings (SSSR count). The molecule has 0 aromatic heterocycles. The molecule has 3 atom stereocenters. The average Bonchev–Trinajstić information content (AvgIpc) is 3.29. The van der Waals surface area contributed by atoms with Crippen molar-refractivity contribution < 1.29 is 13.5 Å².